The predicted octanol–water partition coefficient (Wildman–Crippen LogP) is 2.22. The van der Waals surface area contributed by atoms with Crippen molar-refractivity contribution in [2.75, 3.05) is 0 Å². The highest BCUT2D eigenvalue weighted by molar-refractivity contribution is 6.20. The third-order valence-electron chi connectivity index (χ3n) is 3.24. The fourth-order valence-electron chi connectivity index (χ4n) is 2.38. The SMILES string of the molecule is Cc1nn(C)c2c1nc(C(C)Cl)n2Cc1ccncn1. The van der Waals surface area contributed by atoms with Crippen molar-refractivity contribution in [3.05, 3.63) is 35.8 Å². The Morgan fingerprint density at radius 2 is 2.20 bits per heavy atom. The summed E-state index contributed by atoms with van der Waals surface area (Å²) in [6.45, 7) is 4.47. The molecule has 7 heteroatoms. The maximum absolute atomic E-state index is 6.26. The van der Waals surface area contributed by atoms with Gasteiger partial charge < -0.3 is 4.57 Å². The molecule has 0 aromatic carbocycles. The molecule has 3 rings (SSSR count). The van der Waals surface area contributed by atoms with Gasteiger partial charge in [0.15, 0.2) is 5.65 Å². The van der Waals surface area contributed by atoms with E-state index in [-0.39, 0.29) is 5.38 Å². The number of halogens is 1. The number of imidazole rings is 1. The number of rotatable bonds is 3. The fourth-order valence-corrected chi connectivity index (χ4v) is 2.55. The lowest BCUT2D eigenvalue weighted by Gasteiger charge is -2.10. The van der Waals surface area contributed by atoms with Crippen LogP contribution in [0.1, 0.15) is 29.5 Å². The van der Waals surface area contributed by atoms with Gasteiger partial charge in [-0.05, 0) is 19.9 Å². The fraction of sp³-hybridized carbons (Fsp3) is 0.385. The molecule has 3 heterocycles. The van der Waals surface area contributed by atoms with E-state index in [4.69, 9.17) is 11.6 Å². The largest absolute Gasteiger partial charge is 0.306 e. The first-order valence-corrected chi connectivity index (χ1v) is 6.80. The monoisotopic (exact) mass is 290 g/mol. The topological polar surface area (TPSA) is 61.4 Å². The minimum atomic E-state index is -0.177. The summed E-state index contributed by atoms with van der Waals surface area (Å²) < 4.78 is 3.90. The normalized spacial score (nSPS) is 13.0. The quantitative estimate of drug-likeness (QED) is 0.694. The summed E-state index contributed by atoms with van der Waals surface area (Å²) in [4.78, 5) is 12.8. The van der Waals surface area contributed by atoms with E-state index in [1.165, 1.54) is 0 Å². The number of nitrogens with zero attached hydrogens (tertiary/aromatic N) is 6. The van der Waals surface area contributed by atoms with Crippen molar-refractivity contribution in [2.45, 2.75) is 25.8 Å². The zero-order valence-electron chi connectivity index (χ0n) is 11.6. The maximum atomic E-state index is 6.26. The molecule has 0 N–H and O–H groups in total. The second-order valence-electron chi connectivity index (χ2n) is 4.75. The van der Waals surface area contributed by atoms with Crippen molar-refractivity contribution < 1.29 is 0 Å². The van der Waals surface area contributed by atoms with Gasteiger partial charge in [-0.3, -0.25) is 4.68 Å². The van der Waals surface area contributed by atoms with Gasteiger partial charge in [-0.1, -0.05) is 0 Å². The molecule has 0 aliphatic carbocycles. The van der Waals surface area contributed by atoms with E-state index in [0.717, 1.165) is 28.4 Å². The minimum Gasteiger partial charge on any atom is -0.306 e. The van der Waals surface area contributed by atoms with Crippen LogP contribution in [0.2, 0.25) is 0 Å². The Balaban J connectivity index is 2.18. The first-order chi connectivity index (χ1) is 9.58. The van der Waals surface area contributed by atoms with Gasteiger partial charge in [0.25, 0.3) is 0 Å². The molecule has 6 nitrogen and oxygen atoms in total. The summed E-state index contributed by atoms with van der Waals surface area (Å²) in [6.07, 6.45) is 3.27. The summed E-state index contributed by atoms with van der Waals surface area (Å²) in [5.74, 6) is 0.830. The standard InChI is InChI=1S/C13H15ClN6/c1-8(14)12-17-11-9(2)18-19(3)13(11)20(12)6-10-4-5-15-7-16-10/h4-5,7-8H,6H2,1-3H3. The first-order valence-electron chi connectivity index (χ1n) is 6.36. The van der Waals surface area contributed by atoms with Gasteiger partial charge in [0.1, 0.15) is 17.7 Å². The molecular weight excluding hydrogens is 276 g/mol. The molecule has 0 amide bonds. The van der Waals surface area contributed by atoms with E-state index in [1.807, 2.05) is 31.6 Å². The van der Waals surface area contributed by atoms with Crippen LogP contribution in [0.25, 0.3) is 11.2 Å². The Kier molecular flexibility index (Phi) is 3.17. The molecule has 3 aromatic rings. The lowest BCUT2D eigenvalue weighted by Crippen LogP contribution is -2.10. The van der Waals surface area contributed by atoms with Crippen LogP contribution in [0.3, 0.4) is 0 Å². The van der Waals surface area contributed by atoms with Crippen LogP contribution < -0.4 is 0 Å². The smallest absolute Gasteiger partial charge is 0.159 e. The number of aromatic nitrogens is 6. The van der Waals surface area contributed by atoms with E-state index < -0.39 is 0 Å². The Morgan fingerprint density at radius 1 is 1.40 bits per heavy atom. The van der Waals surface area contributed by atoms with Crippen molar-refractivity contribution in [2.24, 2.45) is 7.05 Å². The Bertz CT molecular complexity index is 743. The second-order valence-corrected chi connectivity index (χ2v) is 5.41. The van der Waals surface area contributed by atoms with Crippen molar-refractivity contribution in [3.8, 4) is 0 Å². The Hall–Kier alpha value is -1.95. The highest BCUT2D eigenvalue weighted by Gasteiger charge is 2.20. The molecule has 0 aliphatic rings. The summed E-state index contributed by atoms with van der Waals surface area (Å²) in [7, 11) is 1.91. The van der Waals surface area contributed by atoms with Crippen LogP contribution in [-0.2, 0) is 13.6 Å². The van der Waals surface area contributed by atoms with Gasteiger partial charge in [0.05, 0.1) is 23.3 Å². The number of fused-ring (bicyclic) bond motifs is 1. The molecule has 20 heavy (non-hydrogen) atoms. The van der Waals surface area contributed by atoms with Gasteiger partial charge in [-0.25, -0.2) is 15.0 Å². The second kappa shape index (κ2) is 4.86. The summed E-state index contributed by atoms with van der Waals surface area (Å²) >= 11 is 6.26. The van der Waals surface area contributed by atoms with Crippen LogP contribution in [-0.4, -0.2) is 29.3 Å². The predicted molar refractivity (Wildman–Crippen MR) is 76.6 cm³/mol. The zero-order chi connectivity index (χ0) is 14.3. The number of alkyl halides is 1. The highest BCUT2D eigenvalue weighted by Crippen LogP contribution is 2.26. The van der Waals surface area contributed by atoms with Gasteiger partial charge >= 0.3 is 0 Å². The van der Waals surface area contributed by atoms with E-state index in [9.17, 15) is 0 Å². The van der Waals surface area contributed by atoms with Crippen molar-refractivity contribution in [1.82, 2.24) is 29.3 Å². The molecule has 104 valence electrons. The number of hydrogen-bond donors (Lipinski definition) is 0. The Labute approximate surface area is 121 Å². The van der Waals surface area contributed by atoms with Crippen molar-refractivity contribution in [3.63, 3.8) is 0 Å². The molecule has 0 saturated carbocycles. The van der Waals surface area contributed by atoms with Gasteiger partial charge in [-0.15, -0.1) is 11.6 Å². The minimum absolute atomic E-state index is 0.177. The first kappa shape index (κ1) is 13.1. The van der Waals surface area contributed by atoms with Crippen LogP contribution in [0.4, 0.5) is 0 Å². The maximum Gasteiger partial charge on any atom is 0.159 e. The highest BCUT2D eigenvalue weighted by atomic mass is 35.5. The van der Waals surface area contributed by atoms with Crippen LogP contribution >= 0.6 is 11.6 Å². The molecule has 3 aromatic heterocycles. The van der Waals surface area contributed by atoms with Crippen LogP contribution in [0.15, 0.2) is 18.6 Å². The van der Waals surface area contributed by atoms with Crippen molar-refractivity contribution in [1.29, 1.82) is 0 Å². The van der Waals surface area contributed by atoms with E-state index in [0.29, 0.717) is 6.54 Å². The van der Waals surface area contributed by atoms with Gasteiger partial charge in [-0.2, -0.15) is 5.10 Å². The number of aryl methyl sites for hydroxylation is 2. The zero-order valence-corrected chi connectivity index (χ0v) is 12.3. The summed E-state index contributed by atoms with van der Waals surface area (Å²) in [5, 5.41) is 4.23. The molecule has 0 bridgehead atoms. The van der Waals surface area contributed by atoms with E-state index >= 15 is 0 Å². The van der Waals surface area contributed by atoms with E-state index in [2.05, 4.69) is 24.6 Å². The average Bonchev–Trinajstić information content (AvgIpc) is 2.91. The molecule has 0 aliphatic heterocycles. The summed E-state index contributed by atoms with van der Waals surface area (Å²) in [5.41, 5.74) is 3.67. The molecular formula is C13H15ClN6. The molecule has 0 saturated heterocycles. The summed E-state index contributed by atoms with van der Waals surface area (Å²) in [6, 6.07) is 1.89. The van der Waals surface area contributed by atoms with Crippen molar-refractivity contribution >= 4 is 22.8 Å². The van der Waals surface area contributed by atoms with Crippen LogP contribution in [0.5, 0.6) is 0 Å². The molecule has 0 fully saturated rings. The molecule has 0 spiro atoms. The third-order valence-corrected chi connectivity index (χ3v) is 3.43. The average molecular weight is 291 g/mol. The van der Waals surface area contributed by atoms with Gasteiger partial charge in [0, 0.05) is 13.2 Å². The van der Waals surface area contributed by atoms with Gasteiger partial charge in [0.2, 0.25) is 0 Å². The molecule has 0 radical (unpaired) electrons. The third kappa shape index (κ3) is 2.06. The van der Waals surface area contributed by atoms with Crippen LogP contribution in [0, 0.1) is 6.92 Å². The Morgan fingerprint density at radius 3 is 2.85 bits per heavy atom. The molecule has 1 atom stereocenters. The lowest BCUT2D eigenvalue weighted by atomic mass is 10.3. The molecule has 1 unspecified atom stereocenters. The number of hydrogen-bond acceptors (Lipinski definition) is 4. The van der Waals surface area contributed by atoms with E-state index in [1.54, 1.807) is 12.5 Å². The lowest BCUT2D eigenvalue weighted by molar-refractivity contribution is 0.677.